The van der Waals surface area contributed by atoms with Gasteiger partial charge in [-0.1, -0.05) is 0 Å². The Morgan fingerprint density at radius 2 is 2.17 bits per heavy atom. The van der Waals surface area contributed by atoms with Crippen molar-refractivity contribution in [3.63, 3.8) is 0 Å². The zero-order valence-corrected chi connectivity index (χ0v) is 14.8. The third-order valence-electron chi connectivity index (χ3n) is 2.96. The molecule has 0 unspecified atom stereocenters. The van der Waals surface area contributed by atoms with Crippen LogP contribution in [0.5, 0.6) is 11.6 Å². The third-order valence-corrected chi connectivity index (χ3v) is 4.41. The number of rotatable bonds is 4. The van der Waals surface area contributed by atoms with Gasteiger partial charge in [-0.05, 0) is 53.2 Å². The van der Waals surface area contributed by atoms with Gasteiger partial charge in [0.05, 0.1) is 4.47 Å². The van der Waals surface area contributed by atoms with Crippen LogP contribution in [-0.4, -0.2) is 15.9 Å². The summed E-state index contributed by atoms with van der Waals surface area (Å²) in [5.41, 5.74) is 0.251. The number of nitrogens with one attached hydrogen (secondary N) is 1. The van der Waals surface area contributed by atoms with Crippen molar-refractivity contribution < 1.29 is 13.9 Å². The van der Waals surface area contributed by atoms with Crippen LogP contribution in [0.25, 0.3) is 0 Å². The molecule has 0 atom stereocenters. The van der Waals surface area contributed by atoms with E-state index in [0.717, 1.165) is 4.88 Å². The maximum Gasteiger partial charge on any atom is 0.262 e. The first-order chi connectivity index (χ1) is 11.5. The minimum atomic E-state index is -0.396. The van der Waals surface area contributed by atoms with Crippen molar-refractivity contribution in [3.8, 4) is 11.6 Å². The van der Waals surface area contributed by atoms with Crippen LogP contribution < -0.4 is 10.1 Å². The van der Waals surface area contributed by atoms with E-state index in [1.807, 2.05) is 6.92 Å². The predicted octanol–water partition coefficient (Wildman–Crippen LogP) is 4.79. The molecule has 0 spiro atoms. The molecule has 122 valence electrons. The van der Waals surface area contributed by atoms with Gasteiger partial charge in [0.2, 0.25) is 5.88 Å². The van der Waals surface area contributed by atoms with E-state index in [9.17, 15) is 9.18 Å². The summed E-state index contributed by atoms with van der Waals surface area (Å²) in [6.45, 7) is 1.90. The lowest BCUT2D eigenvalue weighted by Gasteiger charge is -2.10. The van der Waals surface area contributed by atoms with E-state index in [4.69, 9.17) is 4.74 Å². The summed E-state index contributed by atoms with van der Waals surface area (Å²) in [5, 5.41) is 3.20. The Labute approximate surface area is 149 Å². The number of nitrogens with zero attached hydrogens (tertiary/aromatic N) is 2. The molecule has 1 aromatic carbocycles. The molecular weight excluding hydrogens is 397 g/mol. The van der Waals surface area contributed by atoms with Gasteiger partial charge >= 0.3 is 0 Å². The van der Waals surface area contributed by atoms with Gasteiger partial charge in [0.1, 0.15) is 17.1 Å². The highest BCUT2D eigenvalue weighted by Gasteiger charge is 2.16. The van der Waals surface area contributed by atoms with Gasteiger partial charge in [-0.3, -0.25) is 10.1 Å². The Balaban J connectivity index is 1.86. The van der Waals surface area contributed by atoms with Crippen molar-refractivity contribution in [1.82, 2.24) is 9.97 Å². The smallest absolute Gasteiger partial charge is 0.262 e. The predicted molar refractivity (Wildman–Crippen MR) is 93.2 cm³/mol. The van der Waals surface area contributed by atoms with Crippen LogP contribution in [0.15, 0.2) is 47.2 Å². The number of thiazole rings is 1. The molecule has 0 aliphatic carbocycles. The summed E-state index contributed by atoms with van der Waals surface area (Å²) in [4.78, 5) is 21.6. The van der Waals surface area contributed by atoms with Crippen LogP contribution in [0, 0.1) is 12.7 Å². The number of aromatic nitrogens is 2. The van der Waals surface area contributed by atoms with E-state index in [2.05, 4.69) is 31.2 Å². The topological polar surface area (TPSA) is 64.1 Å². The maximum atomic E-state index is 13.2. The van der Waals surface area contributed by atoms with Crippen molar-refractivity contribution >= 4 is 38.3 Å². The number of anilines is 1. The van der Waals surface area contributed by atoms with Crippen molar-refractivity contribution in [1.29, 1.82) is 0 Å². The Bertz CT molecular complexity index is 901. The van der Waals surface area contributed by atoms with Gasteiger partial charge in [-0.25, -0.2) is 14.4 Å². The highest BCUT2D eigenvalue weighted by molar-refractivity contribution is 9.10. The number of pyridine rings is 1. The van der Waals surface area contributed by atoms with Gasteiger partial charge in [-0.15, -0.1) is 11.3 Å². The summed E-state index contributed by atoms with van der Waals surface area (Å²) in [7, 11) is 0. The highest BCUT2D eigenvalue weighted by Crippen LogP contribution is 2.31. The van der Waals surface area contributed by atoms with E-state index in [1.54, 1.807) is 18.3 Å². The number of hydrogen-bond donors (Lipinski definition) is 1. The first-order valence-electron chi connectivity index (χ1n) is 6.84. The molecule has 0 aliphatic heterocycles. The maximum absolute atomic E-state index is 13.2. The lowest BCUT2D eigenvalue weighted by atomic mass is 10.2. The second-order valence-corrected chi connectivity index (χ2v) is 6.85. The van der Waals surface area contributed by atoms with Gasteiger partial charge in [0, 0.05) is 17.3 Å². The number of amides is 1. The number of carbonyl (C=O) groups is 1. The van der Waals surface area contributed by atoms with E-state index in [-0.39, 0.29) is 17.4 Å². The van der Waals surface area contributed by atoms with Crippen LogP contribution in [-0.2, 0) is 0 Å². The molecule has 0 saturated heterocycles. The summed E-state index contributed by atoms with van der Waals surface area (Å²) >= 11 is 4.59. The Kier molecular flexibility index (Phi) is 4.86. The van der Waals surface area contributed by atoms with E-state index in [0.29, 0.717) is 15.4 Å². The Morgan fingerprint density at radius 1 is 1.33 bits per heavy atom. The standard InChI is InChI=1S/C16H11BrFN3O2S/c1-9-8-20-16(24-9)21-14(22)11-3-2-6-19-15(11)23-13-5-4-10(18)7-12(13)17/h2-8H,1H3,(H,20,21,22). The minimum Gasteiger partial charge on any atom is -0.437 e. The fourth-order valence-electron chi connectivity index (χ4n) is 1.88. The van der Waals surface area contributed by atoms with Gasteiger partial charge < -0.3 is 4.74 Å². The second kappa shape index (κ2) is 7.06. The molecule has 24 heavy (non-hydrogen) atoms. The van der Waals surface area contributed by atoms with Crippen molar-refractivity contribution in [3.05, 3.63) is 63.5 Å². The summed E-state index contributed by atoms with van der Waals surface area (Å²) < 4.78 is 19.2. The molecule has 3 aromatic rings. The largest absolute Gasteiger partial charge is 0.437 e. The lowest BCUT2D eigenvalue weighted by molar-refractivity contribution is 0.102. The molecule has 0 radical (unpaired) electrons. The fraction of sp³-hybridized carbons (Fsp3) is 0.0625. The van der Waals surface area contributed by atoms with Crippen LogP contribution in [0.2, 0.25) is 0 Å². The van der Waals surface area contributed by atoms with Gasteiger partial charge in [-0.2, -0.15) is 0 Å². The average molecular weight is 408 g/mol. The van der Waals surface area contributed by atoms with E-state index >= 15 is 0 Å². The minimum absolute atomic E-state index is 0.121. The third kappa shape index (κ3) is 3.77. The van der Waals surface area contributed by atoms with Crippen molar-refractivity contribution in [2.24, 2.45) is 0 Å². The fourth-order valence-corrected chi connectivity index (χ4v) is 2.98. The molecule has 1 N–H and O–H groups in total. The SMILES string of the molecule is Cc1cnc(NC(=O)c2cccnc2Oc2ccc(F)cc2Br)s1. The van der Waals surface area contributed by atoms with Crippen LogP contribution >= 0.6 is 27.3 Å². The monoisotopic (exact) mass is 407 g/mol. The quantitative estimate of drug-likeness (QED) is 0.674. The average Bonchev–Trinajstić information content (AvgIpc) is 2.95. The lowest BCUT2D eigenvalue weighted by Crippen LogP contribution is -2.13. The molecule has 3 rings (SSSR count). The van der Waals surface area contributed by atoms with Gasteiger partial charge in [0.25, 0.3) is 5.91 Å². The first kappa shape index (κ1) is 16.5. The molecule has 8 heteroatoms. The molecule has 0 bridgehead atoms. The first-order valence-corrected chi connectivity index (χ1v) is 8.45. The summed E-state index contributed by atoms with van der Waals surface area (Å²) in [6, 6.07) is 7.22. The molecule has 5 nitrogen and oxygen atoms in total. The molecule has 0 aliphatic rings. The summed E-state index contributed by atoms with van der Waals surface area (Å²) in [5.74, 6) is -0.303. The van der Waals surface area contributed by atoms with Gasteiger partial charge in [0.15, 0.2) is 5.13 Å². The Hall–Kier alpha value is -2.32. The summed E-state index contributed by atoms with van der Waals surface area (Å²) in [6.07, 6.45) is 3.19. The second-order valence-electron chi connectivity index (χ2n) is 4.76. The normalized spacial score (nSPS) is 10.5. The zero-order chi connectivity index (χ0) is 17.1. The Morgan fingerprint density at radius 3 is 2.88 bits per heavy atom. The number of aryl methyl sites for hydroxylation is 1. The van der Waals surface area contributed by atoms with E-state index in [1.165, 1.54) is 35.7 Å². The number of benzene rings is 1. The zero-order valence-electron chi connectivity index (χ0n) is 12.4. The highest BCUT2D eigenvalue weighted by atomic mass is 79.9. The van der Waals surface area contributed by atoms with Crippen molar-refractivity contribution in [2.75, 3.05) is 5.32 Å². The number of halogens is 2. The number of carbonyl (C=O) groups excluding carboxylic acids is 1. The van der Waals surface area contributed by atoms with E-state index < -0.39 is 5.82 Å². The molecule has 0 saturated carbocycles. The molecule has 0 fully saturated rings. The molecule has 2 heterocycles. The van der Waals surface area contributed by atoms with Crippen LogP contribution in [0.3, 0.4) is 0 Å². The van der Waals surface area contributed by atoms with Crippen LogP contribution in [0.4, 0.5) is 9.52 Å². The van der Waals surface area contributed by atoms with Crippen LogP contribution in [0.1, 0.15) is 15.2 Å². The van der Waals surface area contributed by atoms with Crippen molar-refractivity contribution in [2.45, 2.75) is 6.92 Å². The molecule has 2 aromatic heterocycles. The number of ether oxygens (including phenoxy) is 1. The molecule has 1 amide bonds. The molecular formula is C16H11BrFN3O2S. The number of hydrogen-bond acceptors (Lipinski definition) is 5.